The Hall–Kier alpha value is -1.26. The van der Waals surface area contributed by atoms with Gasteiger partial charge in [0.2, 0.25) is 0 Å². The summed E-state index contributed by atoms with van der Waals surface area (Å²) < 4.78 is 16.8. The monoisotopic (exact) mass is 252 g/mol. The van der Waals surface area contributed by atoms with Gasteiger partial charge in [-0.3, -0.25) is 0 Å². The second-order valence-corrected chi connectivity index (χ2v) is 4.99. The molecule has 100 valence electrons. The Morgan fingerprint density at radius 1 is 1.44 bits per heavy atom. The molecule has 1 saturated heterocycles. The van der Waals surface area contributed by atoms with Crippen LogP contribution < -0.4 is 4.74 Å². The first kappa shape index (κ1) is 13.2. The van der Waals surface area contributed by atoms with E-state index in [9.17, 15) is 5.11 Å². The predicted octanol–water partition coefficient (Wildman–Crippen LogP) is 3.01. The summed E-state index contributed by atoms with van der Waals surface area (Å²) in [7, 11) is 0. The lowest BCUT2D eigenvalue weighted by molar-refractivity contribution is -0.249. The molecule has 1 fully saturated rings. The number of phenolic OH excluding ortho intramolecular Hbond substituents is 1. The van der Waals surface area contributed by atoms with E-state index < -0.39 is 6.29 Å². The lowest BCUT2D eigenvalue weighted by atomic mass is 10.0. The maximum atomic E-state index is 9.66. The molecule has 1 aromatic rings. The van der Waals surface area contributed by atoms with Crippen LogP contribution in [0, 0.1) is 0 Å². The Bertz CT molecular complexity index is 414. The smallest absolute Gasteiger partial charge is 0.184 e. The van der Waals surface area contributed by atoms with Gasteiger partial charge in [-0.2, -0.15) is 0 Å². The fourth-order valence-electron chi connectivity index (χ4n) is 1.91. The molecule has 0 saturated carbocycles. The van der Waals surface area contributed by atoms with Crippen LogP contribution in [0.25, 0.3) is 0 Å². The van der Waals surface area contributed by atoms with Crippen LogP contribution in [-0.2, 0) is 9.47 Å². The predicted molar refractivity (Wildman–Crippen MR) is 67.7 cm³/mol. The van der Waals surface area contributed by atoms with Gasteiger partial charge in [0.1, 0.15) is 0 Å². The molecular formula is C14H20O4. The molecular weight excluding hydrogens is 232 g/mol. The molecule has 1 aromatic carbocycles. The van der Waals surface area contributed by atoms with Gasteiger partial charge in [-0.15, -0.1) is 0 Å². The van der Waals surface area contributed by atoms with E-state index in [1.807, 2.05) is 20.8 Å². The van der Waals surface area contributed by atoms with E-state index in [1.165, 1.54) is 0 Å². The molecule has 0 radical (unpaired) electrons. The van der Waals surface area contributed by atoms with E-state index in [1.54, 1.807) is 18.2 Å². The van der Waals surface area contributed by atoms with Crippen LogP contribution in [0.4, 0.5) is 0 Å². The highest BCUT2D eigenvalue weighted by Crippen LogP contribution is 2.36. The van der Waals surface area contributed by atoms with Crippen LogP contribution in [0.5, 0.6) is 11.5 Å². The number of ether oxygens (including phenoxy) is 3. The molecule has 0 aromatic heterocycles. The van der Waals surface area contributed by atoms with Crippen molar-refractivity contribution in [2.75, 3.05) is 13.2 Å². The molecule has 4 nitrogen and oxygen atoms in total. The van der Waals surface area contributed by atoms with Crippen molar-refractivity contribution >= 4 is 0 Å². The zero-order valence-electron chi connectivity index (χ0n) is 11.1. The van der Waals surface area contributed by atoms with Gasteiger partial charge in [-0.1, -0.05) is 6.07 Å². The van der Waals surface area contributed by atoms with Gasteiger partial charge >= 0.3 is 0 Å². The molecule has 4 heteroatoms. The molecule has 1 N–H and O–H groups in total. The standard InChI is InChI=1S/C14H20O4/c1-4-16-12-9-10(5-6-11(12)15)13-17-8-7-14(2,3)18-13/h5-6,9,13,15H,4,7-8H2,1-3H3. The second kappa shape index (κ2) is 5.16. The highest BCUT2D eigenvalue weighted by Gasteiger charge is 2.30. The maximum absolute atomic E-state index is 9.66. The van der Waals surface area contributed by atoms with Crippen LogP contribution in [0.3, 0.4) is 0 Å². The van der Waals surface area contributed by atoms with Crippen LogP contribution in [0.1, 0.15) is 39.0 Å². The zero-order chi connectivity index (χ0) is 13.2. The number of benzene rings is 1. The minimum atomic E-state index is -0.395. The van der Waals surface area contributed by atoms with Crippen molar-refractivity contribution in [3.05, 3.63) is 23.8 Å². The van der Waals surface area contributed by atoms with Gasteiger partial charge in [-0.25, -0.2) is 0 Å². The Morgan fingerprint density at radius 3 is 2.89 bits per heavy atom. The number of hydrogen-bond acceptors (Lipinski definition) is 4. The fourth-order valence-corrected chi connectivity index (χ4v) is 1.91. The molecule has 1 aliphatic heterocycles. The maximum Gasteiger partial charge on any atom is 0.184 e. The summed E-state index contributed by atoms with van der Waals surface area (Å²) in [5.41, 5.74) is 0.677. The third kappa shape index (κ3) is 2.94. The average Bonchev–Trinajstić information content (AvgIpc) is 2.31. The minimum absolute atomic E-state index is 0.135. The van der Waals surface area contributed by atoms with Crippen molar-refractivity contribution in [2.45, 2.75) is 39.1 Å². The number of rotatable bonds is 3. The van der Waals surface area contributed by atoms with Crippen molar-refractivity contribution in [1.29, 1.82) is 0 Å². The first-order valence-electron chi connectivity index (χ1n) is 6.27. The highest BCUT2D eigenvalue weighted by atomic mass is 16.7. The molecule has 1 unspecified atom stereocenters. The molecule has 0 spiro atoms. The summed E-state index contributed by atoms with van der Waals surface area (Å²) in [4.78, 5) is 0. The Balaban J connectivity index is 2.20. The Morgan fingerprint density at radius 2 is 2.22 bits per heavy atom. The van der Waals surface area contributed by atoms with Crippen molar-refractivity contribution in [1.82, 2.24) is 0 Å². The van der Waals surface area contributed by atoms with E-state index in [0.29, 0.717) is 19.0 Å². The second-order valence-electron chi connectivity index (χ2n) is 4.99. The van der Waals surface area contributed by atoms with E-state index >= 15 is 0 Å². The summed E-state index contributed by atoms with van der Waals surface area (Å²) in [6, 6.07) is 5.17. The molecule has 18 heavy (non-hydrogen) atoms. The van der Waals surface area contributed by atoms with Crippen molar-refractivity contribution < 1.29 is 19.3 Å². The topological polar surface area (TPSA) is 47.9 Å². The molecule has 1 heterocycles. The molecule has 0 amide bonds. The van der Waals surface area contributed by atoms with Crippen molar-refractivity contribution in [3.63, 3.8) is 0 Å². The number of phenols is 1. The summed E-state index contributed by atoms with van der Waals surface area (Å²) in [6.07, 6.45) is 0.480. The third-order valence-corrected chi connectivity index (χ3v) is 2.96. The van der Waals surface area contributed by atoms with Gasteiger partial charge in [-0.05, 0) is 39.3 Å². The SMILES string of the molecule is CCOc1cc(C2OCCC(C)(C)O2)ccc1O. The molecule has 1 aliphatic rings. The normalized spacial score (nSPS) is 22.7. The summed E-state index contributed by atoms with van der Waals surface area (Å²) in [5, 5.41) is 9.66. The number of hydrogen-bond donors (Lipinski definition) is 1. The van der Waals surface area contributed by atoms with Crippen molar-refractivity contribution in [2.24, 2.45) is 0 Å². The van der Waals surface area contributed by atoms with E-state index in [-0.39, 0.29) is 11.4 Å². The number of aromatic hydroxyl groups is 1. The van der Waals surface area contributed by atoms with Gasteiger partial charge in [0.15, 0.2) is 17.8 Å². The lowest BCUT2D eigenvalue weighted by Crippen LogP contribution is -2.34. The zero-order valence-corrected chi connectivity index (χ0v) is 11.1. The van der Waals surface area contributed by atoms with Gasteiger partial charge in [0, 0.05) is 5.56 Å². The van der Waals surface area contributed by atoms with Gasteiger partial charge in [0.25, 0.3) is 0 Å². The largest absolute Gasteiger partial charge is 0.504 e. The summed E-state index contributed by atoms with van der Waals surface area (Å²) in [5.74, 6) is 0.598. The lowest BCUT2D eigenvalue weighted by Gasteiger charge is -2.36. The van der Waals surface area contributed by atoms with Gasteiger partial charge < -0.3 is 19.3 Å². The Labute approximate surface area is 107 Å². The average molecular weight is 252 g/mol. The van der Waals surface area contributed by atoms with E-state index in [0.717, 1.165) is 12.0 Å². The molecule has 1 atom stereocenters. The fraction of sp³-hybridized carbons (Fsp3) is 0.571. The van der Waals surface area contributed by atoms with Gasteiger partial charge in [0.05, 0.1) is 18.8 Å². The first-order valence-corrected chi connectivity index (χ1v) is 6.27. The molecule has 0 aliphatic carbocycles. The summed E-state index contributed by atoms with van der Waals surface area (Å²) >= 11 is 0. The highest BCUT2D eigenvalue weighted by molar-refractivity contribution is 5.42. The first-order chi connectivity index (χ1) is 8.52. The minimum Gasteiger partial charge on any atom is -0.504 e. The Kier molecular flexibility index (Phi) is 3.78. The van der Waals surface area contributed by atoms with Crippen LogP contribution >= 0.6 is 0 Å². The van der Waals surface area contributed by atoms with E-state index in [2.05, 4.69) is 0 Å². The molecule has 2 rings (SSSR count). The van der Waals surface area contributed by atoms with Crippen LogP contribution in [0.15, 0.2) is 18.2 Å². The molecule has 0 bridgehead atoms. The third-order valence-electron chi connectivity index (χ3n) is 2.96. The van der Waals surface area contributed by atoms with Crippen molar-refractivity contribution in [3.8, 4) is 11.5 Å². The van der Waals surface area contributed by atoms with E-state index in [4.69, 9.17) is 14.2 Å². The van der Waals surface area contributed by atoms with Crippen LogP contribution in [0.2, 0.25) is 0 Å². The quantitative estimate of drug-likeness (QED) is 0.898. The summed E-state index contributed by atoms with van der Waals surface area (Å²) in [6.45, 7) is 7.15. The van der Waals surface area contributed by atoms with Crippen LogP contribution in [-0.4, -0.2) is 23.9 Å².